The first-order valence-electron chi connectivity index (χ1n) is 5.42. The fourth-order valence-electron chi connectivity index (χ4n) is 1.34. The van der Waals surface area contributed by atoms with Crippen molar-refractivity contribution in [2.75, 3.05) is 0 Å². The highest BCUT2D eigenvalue weighted by atomic mass is 19.1. The number of aromatic nitrogens is 2. The Morgan fingerprint density at radius 3 is 2.94 bits per heavy atom. The molecule has 0 atom stereocenters. The molecule has 1 aromatic heterocycles. The van der Waals surface area contributed by atoms with Gasteiger partial charge < -0.3 is 9.26 Å². The minimum atomic E-state index is -0.602. The molecule has 0 radical (unpaired) electrons. The third-order valence-electron chi connectivity index (χ3n) is 2.27. The van der Waals surface area contributed by atoms with E-state index in [9.17, 15) is 9.18 Å². The third kappa shape index (κ3) is 2.71. The van der Waals surface area contributed by atoms with E-state index in [0.717, 1.165) is 6.07 Å². The molecule has 0 amide bonds. The summed E-state index contributed by atoms with van der Waals surface area (Å²) in [7, 11) is 0. The Kier molecular flexibility index (Phi) is 3.66. The topological polar surface area (TPSA) is 65.2 Å². The fraction of sp³-hybridized carbons (Fsp3) is 0.250. The summed E-state index contributed by atoms with van der Waals surface area (Å²) < 4.78 is 23.6. The molecule has 0 aliphatic rings. The van der Waals surface area contributed by atoms with Gasteiger partial charge in [-0.25, -0.2) is 4.39 Å². The molecule has 0 unspecified atom stereocenters. The van der Waals surface area contributed by atoms with Gasteiger partial charge >= 0.3 is 0 Å². The molecule has 0 saturated heterocycles. The van der Waals surface area contributed by atoms with E-state index < -0.39 is 5.82 Å². The van der Waals surface area contributed by atoms with Gasteiger partial charge in [-0.05, 0) is 18.2 Å². The van der Waals surface area contributed by atoms with Crippen LogP contribution < -0.4 is 4.74 Å². The van der Waals surface area contributed by atoms with Crippen molar-refractivity contribution in [3.8, 4) is 5.75 Å². The van der Waals surface area contributed by atoms with Crippen LogP contribution in [0, 0.1) is 5.82 Å². The van der Waals surface area contributed by atoms with Crippen molar-refractivity contribution in [3.05, 3.63) is 41.3 Å². The van der Waals surface area contributed by atoms with Gasteiger partial charge in [0.05, 0.1) is 0 Å². The molecule has 0 N–H and O–H groups in total. The zero-order chi connectivity index (χ0) is 13.0. The van der Waals surface area contributed by atoms with Crippen molar-refractivity contribution in [2.45, 2.75) is 20.0 Å². The minimum Gasteiger partial charge on any atom is -0.481 e. The lowest BCUT2D eigenvalue weighted by atomic mass is 10.2. The Hall–Kier alpha value is -2.24. The van der Waals surface area contributed by atoms with Crippen LogP contribution in [0.1, 0.15) is 29.0 Å². The number of rotatable bonds is 5. The molecule has 0 fully saturated rings. The maximum absolute atomic E-state index is 13.5. The van der Waals surface area contributed by atoms with E-state index >= 15 is 0 Å². The minimum absolute atomic E-state index is 0.00957. The first-order chi connectivity index (χ1) is 8.72. The van der Waals surface area contributed by atoms with Crippen LogP contribution in [0.3, 0.4) is 0 Å². The maximum atomic E-state index is 13.5. The number of aryl methyl sites for hydroxylation is 1. The summed E-state index contributed by atoms with van der Waals surface area (Å²) in [6.45, 7) is 1.89. The standard InChI is InChI=1S/C12H11FN2O3/c1-2-11-14-12(18-15-11)7-17-10-4-3-8(6-16)5-9(10)13/h3-6H,2,7H2,1H3. The second kappa shape index (κ2) is 5.39. The zero-order valence-electron chi connectivity index (χ0n) is 9.72. The molecule has 0 aliphatic heterocycles. The van der Waals surface area contributed by atoms with Gasteiger partial charge in [-0.1, -0.05) is 12.1 Å². The van der Waals surface area contributed by atoms with E-state index in [2.05, 4.69) is 10.1 Å². The summed E-state index contributed by atoms with van der Waals surface area (Å²) in [5.74, 6) is 0.294. The lowest BCUT2D eigenvalue weighted by molar-refractivity contribution is 0.112. The van der Waals surface area contributed by atoms with E-state index in [1.165, 1.54) is 12.1 Å². The second-order valence-electron chi connectivity index (χ2n) is 3.55. The SMILES string of the molecule is CCc1noc(COc2ccc(C=O)cc2F)n1. The van der Waals surface area contributed by atoms with Crippen molar-refractivity contribution < 1.29 is 18.4 Å². The Labute approximate surface area is 103 Å². The van der Waals surface area contributed by atoms with Gasteiger partial charge in [-0.2, -0.15) is 4.98 Å². The average molecular weight is 250 g/mol. The van der Waals surface area contributed by atoms with Gasteiger partial charge in [0.25, 0.3) is 5.89 Å². The van der Waals surface area contributed by atoms with Gasteiger partial charge in [0.1, 0.15) is 6.29 Å². The first kappa shape index (κ1) is 12.2. The number of carbonyl (C=O) groups excluding carboxylic acids is 1. The van der Waals surface area contributed by atoms with E-state index in [1.54, 1.807) is 0 Å². The van der Waals surface area contributed by atoms with Crippen LogP contribution in [-0.2, 0) is 13.0 Å². The van der Waals surface area contributed by atoms with E-state index in [4.69, 9.17) is 9.26 Å². The number of hydrogen-bond donors (Lipinski definition) is 0. The van der Waals surface area contributed by atoms with Crippen molar-refractivity contribution in [1.82, 2.24) is 10.1 Å². The zero-order valence-corrected chi connectivity index (χ0v) is 9.72. The Morgan fingerprint density at radius 1 is 1.50 bits per heavy atom. The van der Waals surface area contributed by atoms with Crippen LogP contribution in [0.15, 0.2) is 22.7 Å². The van der Waals surface area contributed by atoms with Crippen molar-refractivity contribution in [2.24, 2.45) is 0 Å². The molecule has 1 aromatic carbocycles. The number of benzene rings is 1. The molecule has 0 spiro atoms. The van der Waals surface area contributed by atoms with Crippen LogP contribution in [0.4, 0.5) is 4.39 Å². The van der Waals surface area contributed by atoms with Crippen LogP contribution in [-0.4, -0.2) is 16.4 Å². The van der Waals surface area contributed by atoms with E-state index in [0.29, 0.717) is 18.5 Å². The Balaban J connectivity index is 2.03. The van der Waals surface area contributed by atoms with Gasteiger partial charge in [0.15, 0.2) is 24.0 Å². The number of hydrogen-bond acceptors (Lipinski definition) is 5. The molecule has 5 nitrogen and oxygen atoms in total. The Morgan fingerprint density at radius 2 is 2.33 bits per heavy atom. The van der Waals surface area contributed by atoms with Gasteiger partial charge in [0, 0.05) is 12.0 Å². The van der Waals surface area contributed by atoms with Crippen LogP contribution >= 0.6 is 0 Å². The monoisotopic (exact) mass is 250 g/mol. The number of carbonyl (C=O) groups is 1. The van der Waals surface area contributed by atoms with Crippen molar-refractivity contribution in [3.63, 3.8) is 0 Å². The van der Waals surface area contributed by atoms with Crippen molar-refractivity contribution in [1.29, 1.82) is 0 Å². The molecule has 1 heterocycles. The Bertz CT molecular complexity index is 554. The number of halogens is 1. The lowest BCUT2D eigenvalue weighted by Gasteiger charge is -2.04. The van der Waals surface area contributed by atoms with Crippen LogP contribution in [0.25, 0.3) is 0 Å². The van der Waals surface area contributed by atoms with E-state index in [1.807, 2.05) is 6.92 Å². The molecule has 0 saturated carbocycles. The highest BCUT2D eigenvalue weighted by molar-refractivity contribution is 5.74. The average Bonchev–Trinajstić information content (AvgIpc) is 2.85. The smallest absolute Gasteiger partial charge is 0.264 e. The first-order valence-corrected chi connectivity index (χ1v) is 5.42. The summed E-state index contributed by atoms with van der Waals surface area (Å²) in [5.41, 5.74) is 0.255. The summed E-state index contributed by atoms with van der Waals surface area (Å²) in [4.78, 5) is 14.5. The third-order valence-corrected chi connectivity index (χ3v) is 2.27. The maximum Gasteiger partial charge on any atom is 0.264 e. The second-order valence-corrected chi connectivity index (χ2v) is 3.55. The molecule has 2 aromatic rings. The molecule has 94 valence electrons. The number of nitrogens with zero attached hydrogens (tertiary/aromatic N) is 2. The molecule has 0 aliphatic carbocycles. The predicted octanol–water partition coefficient (Wildman–Crippen LogP) is 2.16. The van der Waals surface area contributed by atoms with Gasteiger partial charge in [-0.15, -0.1) is 0 Å². The summed E-state index contributed by atoms with van der Waals surface area (Å²) in [6, 6.07) is 3.96. The summed E-state index contributed by atoms with van der Waals surface area (Å²) in [6.07, 6.45) is 1.23. The molecule has 2 rings (SSSR count). The number of aldehydes is 1. The summed E-state index contributed by atoms with van der Waals surface area (Å²) >= 11 is 0. The quantitative estimate of drug-likeness (QED) is 0.761. The lowest BCUT2D eigenvalue weighted by Crippen LogP contribution is -1.98. The van der Waals surface area contributed by atoms with Crippen LogP contribution in [0.5, 0.6) is 5.75 Å². The van der Waals surface area contributed by atoms with Gasteiger partial charge in [0.2, 0.25) is 0 Å². The molecule has 18 heavy (non-hydrogen) atoms. The van der Waals surface area contributed by atoms with Gasteiger partial charge in [-0.3, -0.25) is 4.79 Å². The molecule has 0 bridgehead atoms. The highest BCUT2D eigenvalue weighted by Crippen LogP contribution is 2.18. The van der Waals surface area contributed by atoms with Crippen molar-refractivity contribution >= 4 is 6.29 Å². The molecular weight excluding hydrogens is 239 g/mol. The predicted molar refractivity (Wildman–Crippen MR) is 59.8 cm³/mol. The highest BCUT2D eigenvalue weighted by Gasteiger charge is 2.08. The van der Waals surface area contributed by atoms with E-state index in [-0.39, 0.29) is 23.8 Å². The largest absolute Gasteiger partial charge is 0.481 e. The number of ether oxygens (including phenoxy) is 1. The van der Waals surface area contributed by atoms with Crippen LogP contribution in [0.2, 0.25) is 0 Å². The molecule has 6 heteroatoms. The molecular formula is C12H11FN2O3. The fourth-order valence-corrected chi connectivity index (χ4v) is 1.34. The summed E-state index contributed by atoms with van der Waals surface area (Å²) in [5, 5.41) is 3.69. The normalized spacial score (nSPS) is 10.3.